The van der Waals surface area contributed by atoms with Crippen molar-refractivity contribution in [2.75, 3.05) is 0 Å². The molecular formula is C12H14N2O13P2. The average Bonchev–Trinajstić information content (AvgIpc) is 2.62. The van der Waals surface area contributed by atoms with E-state index >= 15 is 0 Å². The third kappa shape index (κ3) is 12.9. The van der Waals surface area contributed by atoms with E-state index in [1.807, 2.05) is 0 Å². The molecule has 0 amide bonds. The number of benzene rings is 2. The smallest absolute Gasteiger partial charge is 0.524 e. The summed E-state index contributed by atoms with van der Waals surface area (Å²) in [5.74, 6) is -0.0884. The van der Waals surface area contributed by atoms with Gasteiger partial charge in [-0.2, -0.15) is 0 Å². The Morgan fingerprint density at radius 2 is 1.28 bits per heavy atom. The number of non-ortho nitro benzene ring substituents is 2. The summed E-state index contributed by atoms with van der Waals surface area (Å²) in [7, 11) is -7.64. The van der Waals surface area contributed by atoms with Crippen molar-refractivity contribution in [1.29, 1.82) is 0 Å². The summed E-state index contributed by atoms with van der Waals surface area (Å²) in [4.78, 5) is 44.8. The molecule has 0 radical (unpaired) electrons. The van der Waals surface area contributed by atoms with Crippen molar-refractivity contribution in [3.63, 3.8) is 0 Å². The fourth-order valence-corrected chi connectivity index (χ4v) is 1.74. The molecular weight excluding hydrogens is 442 g/mol. The summed E-state index contributed by atoms with van der Waals surface area (Å²) in [5.41, 5.74) is -0.194. The number of hydrogen-bond acceptors (Lipinski definition) is 11. The molecule has 29 heavy (non-hydrogen) atoms. The number of phenols is 1. The quantitative estimate of drug-likeness (QED) is 0.218. The van der Waals surface area contributed by atoms with Gasteiger partial charge >= 0.3 is 16.1 Å². The Morgan fingerprint density at radius 3 is 1.55 bits per heavy atom. The maximum absolute atomic E-state index is 10.4. The lowest BCUT2D eigenvalue weighted by Gasteiger charge is -2.05. The summed E-state index contributed by atoms with van der Waals surface area (Å²) in [6.07, 6.45) is 0. The third-order valence-corrected chi connectivity index (χ3v) is 2.98. The molecule has 17 heteroatoms. The van der Waals surface area contributed by atoms with Crippen molar-refractivity contribution in [3.05, 3.63) is 68.8 Å². The minimum absolute atomic E-state index is 0. The van der Waals surface area contributed by atoms with Crippen LogP contribution in [0.3, 0.4) is 0 Å². The van der Waals surface area contributed by atoms with Crippen molar-refractivity contribution in [1.82, 2.24) is 0 Å². The van der Waals surface area contributed by atoms with Gasteiger partial charge in [-0.05, 0) is 28.8 Å². The predicted molar refractivity (Wildman–Crippen MR) is 94.0 cm³/mol. The topological polar surface area (TPSA) is 243 Å². The molecule has 0 saturated carbocycles. The Balaban J connectivity index is 0. The molecule has 1 atom stereocenters. The van der Waals surface area contributed by atoms with Crippen molar-refractivity contribution >= 4 is 27.5 Å². The van der Waals surface area contributed by atoms with Gasteiger partial charge in [0.2, 0.25) is 0 Å². The zero-order valence-corrected chi connectivity index (χ0v) is 15.7. The van der Waals surface area contributed by atoms with Crippen LogP contribution in [0.5, 0.6) is 11.5 Å². The molecule has 0 fully saturated rings. The molecule has 160 valence electrons. The van der Waals surface area contributed by atoms with Gasteiger partial charge in [-0.3, -0.25) is 30.0 Å². The van der Waals surface area contributed by atoms with E-state index in [0.29, 0.717) is 0 Å². The molecule has 0 saturated heterocycles. The first-order chi connectivity index (χ1) is 13.4. The van der Waals surface area contributed by atoms with Crippen molar-refractivity contribution in [2.45, 2.75) is 0 Å². The first-order valence-corrected chi connectivity index (χ1v) is 9.37. The number of phosphoric ester groups is 1. The van der Waals surface area contributed by atoms with E-state index in [2.05, 4.69) is 9.20 Å². The molecule has 15 nitrogen and oxygen atoms in total. The summed E-state index contributed by atoms with van der Waals surface area (Å²) in [5, 5.41) is 36.0. The van der Waals surface area contributed by atoms with Crippen LogP contribution in [0.25, 0.3) is 0 Å². The number of nitrogens with zero attached hydrogens (tertiary/aromatic N) is 2. The second-order valence-electron chi connectivity index (χ2n) is 4.41. The van der Waals surface area contributed by atoms with Crippen molar-refractivity contribution < 1.29 is 54.6 Å². The molecule has 2 aromatic carbocycles. The average molecular weight is 456 g/mol. The third-order valence-electron chi connectivity index (χ3n) is 2.40. The fourth-order valence-electron chi connectivity index (χ4n) is 1.34. The van der Waals surface area contributed by atoms with Crippen LogP contribution in [0.15, 0.2) is 48.5 Å². The number of aromatic hydroxyl groups is 1. The van der Waals surface area contributed by atoms with Crippen LogP contribution in [0.2, 0.25) is 0 Å². The highest BCUT2D eigenvalue weighted by molar-refractivity contribution is 7.46. The first-order valence-electron chi connectivity index (χ1n) is 6.74. The van der Waals surface area contributed by atoms with E-state index in [1.54, 1.807) is 0 Å². The van der Waals surface area contributed by atoms with Crippen LogP contribution in [0.4, 0.5) is 11.4 Å². The van der Waals surface area contributed by atoms with Gasteiger partial charge in [0.15, 0.2) is 0 Å². The van der Waals surface area contributed by atoms with Gasteiger partial charge < -0.3 is 14.5 Å². The molecule has 0 aliphatic rings. The van der Waals surface area contributed by atoms with Gasteiger partial charge in [-0.25, -0.2) is 9.82 Å². The van der Waals surface area contributed by atoms with Gasteiger partial charge in [0.05, 0.1) is 9.85 Å². The molecule has 2 aromatic rings. The second kappa shape index (κ2) is 12.4. The highest BCUT2D eigenvalue weighted by atomic mass is 31.2. The van der Waals surface area contributed by atoms with Crippen molar-refractivity contribution in [2.24, 2.45) is 0 Å². The van der Waals surface area contributed by atoms with E-state index in [1.165, 1.54) is 24.3 Å². The molecule has 0 heterocycles. The zero-order chi connectivity index (χ0) is 22.6. The van der Waals surface area contributed by atoms with Crippen LogP contribution in [-0.2, 0) is 13.8 Å². The Kier molecular flexibility index (Phi) is 11.1. The van der Waals surface area contributed by atoms with Gasteiger partial charge in [0.25, 0.3) is 11.4 Å². The van der Waals surface area contributed by atoms with E-state index in [4.69, 9.17) is 29.6 Å². The Bertz CT molecular complexity index is 873. The molecule has 0 aromatic heterocycles. The monoisotopic (exact) mass is 456 g/mol. The molecule has 0 aliphatic heterocycles. The van der Waals surface area contributed by atoms with Gasteiger partial charge in [-0.15, -0.1) is 0 Å². The number of nitro groups is 2. The number of nitro benzene ring substituents is 2. The largest absolute Gasteiger partial charge is 0.565 e. The number of hydrogen-bond donors (Lipinski definition) is 4. The Labute approximate surface area is 163 Å². The summed E-state index contributed by atoms with van der Waals surface area (Å²) in [6.45, 7) is 0. The van der Waals surface area contributed by atoms with E-state index < -0.39 is 25.9 Å². The molecule has 4 N–H and O–H groups in total. The lowest BCUT2D eigenvalue weighted by Crippen LogP contribution is -1.91. The van der Waals surface area contributed by atoms with Gasteiger partial charge in [-0.1, -0.05) is 0 Å². The Hall–Kier alpha value is -3.03. The maximum atomic E-state index is 10.4. The van der Waals surface area contributed by atoms with E-state index in [9.17, 15) is 24.8 Å². The summed E-state index contributed by atoms with van der Waals surface area (Å²) in [6, 6.07) is 9.44. The highest BCUT2D eigenvalue weighted by Gasteiger charge is 2.16. The standard InChI is InChI=1S/C6H6NO6P.C6H5NO3.HO4P.H2/c8-7(9)5-1-3-6(4-2-5)13-14(10,11)12;8-6-3-1-5(2-4-6)7(9)10;1-4-5(2)3;/h1-4H,(H2,10,11,12);1-4,8H;1H;1H. The van der Waals surface area contributed by atoms with Crippen LogP contribution in [0.1, 0.15) is 1.43 Å². The highest BCUT2D eigenvalue weighted by Crippen LogP contribution is 2.37. The molecule has 0 spiro atoms. The molecule has 0 bridgehead atoms. The lowest BCUT2D eigenvalue weighted by molar-refractivity contribution is -0.385. The molecule has 2 rings (SSSR count). The fraction of sp³-hybridized carbons (Fsp3) is 0. The second-order valence-corrected chi connectivity index (χ2v) is 6.19. The van der Waals surface area contributed by atoms with Gasteiger partial charge in [0.1, 0.15) is 11.5 Å². The molecule has 1 unspecified atom stereocenters. The van der Waals surface area contributed by atoms with Crippen molar-refractivity contribution in [3.8, 4) is 11.5 Å². The summed E-state index contributed by atoms with van der Waals surface area (Å²) < 4.78 is 26.2. The zero-order valence-electron chi connectivity index (χ0n) is 13.9. The number of phenolic OH excluding ortho intramolecular Hbond substituents is 1. The number of rotatable bonds is 5. The van der Waals surface area contributed by atoms with Crippen LogP contribution in [0, 0.1) is 20.2 Å². The normalized spacial score (nSPS) is 10.4. The van der Waals surface area contributed by atoms with E-state index in [-0.39, 0.29) is 24.3 Å². The lowest BCUT2D eigenvalue weighted by atomic mass is 10.3. The molecule has 0 aliphatic carbocycles. The Morgan fingerprint density at radius 1 is 0.931 bits per heavy atom. The SMILES string of the molecule is O=[N+]([O-])c1ccc(O)cc1.O=[N+]([O-])c1ccc(OP(=O)(O)O)cc1.O=[P+]([O-])OO.[HH]. The first kappa shape index (κ1) is 26.0. The minimum Gasteiger partial charge on any atom is -0.565 e. The van der Waals surface area contributed by atoms with E-state index in [0.717, 1.165) is 24.3 Å². The maximum Gasteiger partial charge on any atom is 0.524 e. The van der Waals surface area contributed by atoms with Crippen LogP contribution < -0.4 is 9.42 Å². The van der Waals surface area contributed by atoms with Crippen LogP contribution >= 0.6 is 16.1 Å². The number of phosphoric acid groups is 1. The predicted octanol–water partition coefficient (Wildman–Crippen LogP) is 2.11. The van der Waals surface area contributed by atoms with Crippen LogP contribution in [-0.4, -0.2) is 30.0 Å². The van der Waals surface area contributed by atoms with Gasteiger partial charge in [0, 0.05) is 30.4 Å². The minimum atomic E-state index is -4.60. The summed E-state index contributed by atoms with van der Waals surface area (Å²) >= 11 is 0.